The van der Waals surface area contributed by atoms with E-state index in [1.807, 2.05) is 0 Å². The van der Waals surface area contributed by atoms with Gasteiger partial charge in [0.15, 0.2) is 6.61 Å². The molecule has 0 aliphatic carbocycles. The van der Waals surface area contributed by atoms with Gasteiger partial charge in [0.1, 0.15) is 0 Å². The summed E-state index contributed by atoms with van der Waals surface area (Å²) in [6.07, 6.45) is -4.49. The topological polar surface area (TPSA) is 9.23 Å². The van der Waals surface area contributed by atoms with Crippen molar-refractivity contribution in [1.29, 1.82) is 0 Å². The fourth-order valence-electron chi connectivity index (χ4n) is 0.160. The Balaban J connectivity index is 0. The van der Waals surface area contributed by atoms with E-state index in [9.17, 15) is 17.6 Å². The van der Waals surface area contributed by atoms with Gasteiger partial charge >= 0.3 is 6.18 Å². The van der Waals surface area contributed by atoms with Gasteiger partial charge in [-0.3, -0.25) is 0 Å². The summed E-state index contributed by atoms with van der Waals surface area (Å²) < 4.78 is 48.0. The van der Waals surface area contributed by atoms with Crippen LogP contribution >= 0.6 is 0 Å². The van der Waals surface area contributed by atoms with Crippen LogP contribution < -0.4 is 0 Å². The van der Waals surface area contributed by atoms with Gasteiger partial charge in [-0.1, -0.05) is 13.2 Å². The van der Waals surface area contributed by atoms with E-state index in [-0.39, 0.29) is 0 Å². The third-order valence-corrected chi connectivity index (χ3v) is 0.392. The Hall–Kier alpha value is -1.22. The summed E-state index contributed by atoms with van der Waals surface area (Å²) in [5, 5.41) is 0. The summed E-state index contributed by atoms with van der Waals surface area (Å²) in [6, 6.07) is -1.42. The number of rotatable bonds is 2. The summed E-state index contributed by atoms with van der Waals surface area (Å²) in [6.45, 7) is 7.10. The number of alkyl halides is 3. The third-order valence-electron chi connectivity index (χ3n) is 0.392. The van der Waals surface area contributed by atoms with E-state index in [0.29, 0.717) is 0 Å². The first-order valence-electron chi connectivity index (χ1n) is 2.66. The molecule has 0 aliphatic heterocycles. The smallest absolute Gasteiger partial charge is 0.422 e. The molecule has 0 fully saturated rings. The summed E-state index contributed by atoms with van der Waals surface area (Å²) >= 11 is 0. The lowest BCUT2D eigenvalue weighted by Gasteiger charge is -2.04. The van der Waals surface area contributed by atoms with Crippen molar-refractivity contribution in [3.63, 3.8) is 0 Å². The Labute approximate surface area is 67.6 Å². The molecule has 0 rings (SSSR count). The minimum atomic E-state index is -4.49. The Bertz CT molecular complexity index is 165. The van der Waals surface area contributed by atoms with Crippen molar-refractivity contribution in [3.8, 4) is 0 Å². The number of hydrogen-bond acceptors (Lipinski definition) is 1. The Kier molecular flexibility index (Phi) is 7.23. The number of ether oxygens (including phenoxy) is 1. The molecule has 12 heavy (non-hydrogen) atoms. The SMILES string of the molecule is C=C(F)OCC(F)(F)F.C=C=C. The Morgan fingerprint density at radius 1 is 1.33 bits per heavy atom. The number of halogens is 4. The highest BCUT2D eigenvalue weighted by atomic mass is 19.4. The molecule has 0 bridgehead atoms. The lowest BCUT2D eigenvalue weighted by molar-refractivity contribution is -0.169. The minimum absolute atomic E-state index is 1.42. The van der Waals surface area contributed by atoms with E-state index in [2.05, 4.69) is 30.2 Å². The van der Waals surface area contributed by atoms with Crippen molar-refractivity contribution < 1.29 is 22.3 Å². The molecule has 0 amide bonds. The fourth-order valence-corrected chi connectivity index (χ4v) is 0.160. The van der Waals surface area contributed by atoms with Crippen LogP contribution in [0.25, 0.3) is 0 Å². The van der Waals surface area contributed by atoms with Crippen molar-refractivity contribution in [3.05, 3.63) is 31.5 Å². The lowest BCUT2D eigenvalue weighted by Crippen LogP contribution is -2.15. The van der Waals surface area contributed by atoms with Crippen molar-refractivity contribution in [2.45, 2.75) is 6.18 Å². The van der Waals surface area contributed by atoms with Crippen molar-refractivity contribution in [1.82, 2.24) is 0 Å². The van der Waals surface area contributed by atoms with Gasteiger partial charge in [-0.05, 0) is 6.58 Å². The van der Waals surface area contributed by atoms with Crippen molar-refractivity contribution >= 4 is 0 Å². The monoisotopic (exact) mass is 184 g/mol. The molecule has 0 atom stereocenters. The maximum atomic E-state index is 11.3. The van der Waals surface area contributed by atoms with Gasteiger partial charge in [-0.2, -0.15) is 17.6 Å². The quantitative estimate of drug-likeness (QED) is 0.364. The summed E-state index contributed by atoms with van der Waals surface area (Å²) in [7, 11) is 0. The maximum absolute atomic E-state index is 11.3. The Morgan fingerprint density at radius 3 is 1.75 bits per heavy atom. The van der Waals surface area contributed by atoms with Gasteiger partial charge in [0.05, 0.1) is 0 Å². The van der Waals surface area contributed by atoms with Crippen molar-refractivity contribution in [2.24, 2.45) is 0 Å². The molecular formula is C7H8F4O. The highest BCUT2D eigenvalue weighted by molar-refractivity contribution is 4.64. The van der Waals surface area contributed by atoms with E-state index in [1.165, 1.54) is 0 Å². The van der Waals surface area contributed by atoms with Gasteiger partial charge < -0.3 is 4.74 Å². The van der Waals surface area contributed by atoms with Crippen LogP contribution in [0.3, 0.4) is 0 Å². The average molecular weight is 184 g/mol. The summed E-state index contributed by atoms with van der Waals surface area (Å²) in [5.74, 6) is 0. The van der Waals surface area contributed by atoms with Gasteiger partial charge in [0, 0.05) is 0 Å². The molecule has 5 heteroatoms. The molecule has 70 valence electrons. The van der Waals surface area contributed by atoms with Crippen LogP contribution in [0.5, 0.6) is 0 Å². The lowest BCUT2D eigenvalue weighted by atomic mass is 10.7. The molecule has 0 aromatic heterocycles. The molecule has 1 nitrogen and oxygen atoms in total. The molecule has 0 unspecified atom stereocenters. The van der Waals surface area contributed by atoms with Gasteiger partial charge in [-0.25, -0.2) is 0 Å². The highest BCUT2D eigenvalue weighted by Crippen LogP contribution is 2.15. The summed E-state index contributed by atoms with van der Waals surface area (Å²) in [4.78, 5) is 0. The van der Waals surface area contributed by atoms with E-state index >= 15 is 0 Å². The van der Waals surface area contributed by atoms with E-state index < -0.39 is 18.8 Å². The van der Waals surface area contributed by atoms with Crippen LogP contribution in [-0.4, -0.2) is 12.8 Å². The molecule has 0 spiro atoms. The molecule has 0 radical (unpaired) electrons. The van der Waals surface area contributed by atoms with Gasteiger partial charge in [0.2, 0.25) is 0 Å². The normalized spacial score (nSPS) is 9.00. The van der Waals surface area contributed by atoms with Gasteiger partial charge in [-0.15, -0.1) is 5.73 Å². The minimum Gasteiger partial charge on any atom is -0.462 e. The van der Waals surface area contributed by atoms with E-state index in [4.69, 9.17) is 0 Å². The fraction of sp³-hybridized carbons (Fsp3) is 0.286. The first-order valence-corrected chi connectivity index (χ1v) is 2.66. The second-order valence-corrected chi connectivity index (χ2v) is 1.51. The Morgan fingerprint density at radius 2 is 1.67 bits per heavy atom. The van der Waals surface area contributed by atoms with Crippen LogP contribution in [0.2, 0.25) is 0 Å². The first-order chi connectivity index (χ1) is 5.33. The van der Waals surface area contributed by atoms with Crippen LogP contribution in [0.4, 0.5) is 17.6 Å². The zero-order chi connectivity index (χ0) is 10.2. The molecule has 0 saturated heterocycles. The zero-order valence-electron chi connectivity index (χ0n) is 6.25. The summed E-state index contributed by atoms with van der Waals surface area (Å²) in [5.41, 5.74) is 2.25. The predicted octanol–water partition coefficient (Wildman–Crippen LogP) is 2.96. The second-order valence-electron chi connectivity index (χ2n) is 1.51. The highest BCUT2D eigenvalue weighted by Gasteiger charge is 2.28. The van der Waals surface area contributed by atoms with Gasteiger partial charge in [0.25, 0.3) is 6.01 Å². The van der Waals surface area contributed by atoms with Crippen LogP contribution in [0.1, 0.15) is 0 Å². The van der Waals surface area contributed by atoms with Crippen LogP contribution in [0.15, 0.2) is 31.5 Å². The second kappa shape index (κ2) is 6.49. The van der Waals surface area contributed by atoms with Crippen LogP contribution in [0, 0.1) is 0 Å². The molecule has 0 saturated carbocycles. The molecule has 0 aromatic rings. The van der Waals surface area contributed by atoms with Crippen molar-refractivity contribution in [2.75, 3.05) is 6.61 Å². The first kappa shape index (κ1) is 13.4. The molecule has 0 heterocycles. The largest absolute Gasteiger partial charge is 0.462 e. The van der Waals surface area contributed by atoms with E-state index in [1.54, 1.807) is 0 Å². The van der Waals surface area contributed by atoms with Crippen LogP contribution in [-0.2, 0) is 4.74 Å². The van der Waals surface area contributed by atoms with E-state index in [0.717, 1.165) is 0 Å². The number of hydrogen-bond donors (Lipinski definition) is 0. The molecule has 0 aliphatic rings. The molecule has 0 N–H and O–H groups in total. The average Bonchev–Trinajstić information content (AvgIpc) is 1.84. The zero-order valence-corrected chi connectivity index (χ0v) is 6.25. The molecule has 0 aromatic carbocycles. The predicted molar refractivity (Wildman–Crippen MR) is 37.0 cm³/mol. The maximum Gasteiger partial charge on any atom is 0.422 e. The molecular weight excluding hydrogens is 176 g/mol. The standard InChI is InChI=1S/C4H4F4O.C3H4/c1-3(5)9-2-4(6,7)8;1-3-2/h1-2H2;1-2H2. The third kappa shape index (κ3) is 23.3.